The van der Waals surface area contributed by atoms with Gasteiger partial charge in [-0.05, 0) is 46.9 Å². The van der Waals surface area contributed by atoms with Gasteiger partial charge >= 0.3 is 0 Å². The summed E-state index contributed by atoms with van der Waals surface area (Å²) in [5.74, 6) is 1.64. The highest BCUT2D eigenvalue weighted by Crippen LogP contribution is 2.51. The predicted molar refractivity (Wildman–Crippen MR) is 109 cm³/mol. The predicted octanol–water partition coefficient (Wildman–Crippen LogP) is 7.18. The summed E-state index contributed by atoms with van der Waals surface area (Å²) in [6, 6.07) is 13.7. The third-order valence-electron chi connectivity index (χ3n) is 4.98. The van der Waals surface area contributed by atoms with Gasteiger partial charge in [0.15, 0.2) is 0 Å². The topological polar surface area (TPSA) is 3.24 Å². The average molecular weight is 358 g/mol. The quantitative estimate of drug-likeness (QED) is 0.536. The van der Waals surface area contributed by atoms with Gasteiger partial charge in [0.1, 0.15) is 0 Å². The van der Waals surface area contributed by atoms with E-state index in [1.807, 2.05) is 23.5 Å². The Morgan fingerprint density at radius 3 is 2.54 bits per heavy atom. The van der Waals surface area contributed by atoms with Crippen LogP contribution in [0.25, 0.3) is 0 Å². The van der Waals surface area contributed by atoms with Crippen LogP contribution in [0, 0.1) is 5.41 Å². The fraction of sp³-hybridized carbons (Fsp3) is 0.429. The van der Waals surface area contributed by atoms with Crippen molar-refractivity contribution < 1.29 is 0 Å². The summed E-state index contributed by atoms with van der Waals surface area (Å²) in [6.07, 6.45) is 0. The summed E-state index contributed by atoms with van der Waals surface area (Å²) < 4.78 is 0. The van der Waals surface area contributed by atoms with E-state index in [1.54, 1.807) is 0 Å². The van der Waals surface area contributed by atoms with E-state index in [2.05, 4.69) is 83.0 Å². The van der Waals surface area contributed by atoms with Crippen LogP contribution in [0.2, 0.25) is 0 Å². The van der Waals surface area contributed by atoms with E-state index >= 15 is 0 Å². The normalized spacial score (nSPS) is 15.0. The zero-order valence-corrected chi connectivity index (χ0v) is 17.1. The molecule has 0 saturated heterocycles. The molecule has 1 atom stereocenters. The highest BCUT2D eigenvalue weighted by Gasteiger charge is 2.26. The Bertz CT molecular complexity index is 746. The highest BCUT2D eigenvalue weighted by molar-refractivity contribution is 8.02. The summed E-state index contributed by atoms with van der Waals surface area (Å²) in [4.78, 5) is 6.52. The molecule has 24 heavy (non-hydrogen) atoms. The summed E-state index contributed by atoms with van der Waals surface area (Å²) in [5, 5.41) is 0. The second-order valence-corrected chi connectivity index (χ2v) is 9.87. The Kier molecular flexibility index (Phi) is 4.94. The van der Waals surface area contributed by atoms with Crippen LogP contribution in [0.1, 0.15) is 46.1 Å². The van der Waals surface area contributed by atoms with E-state index < -0.39 is 0 Å². The standard InChI is InChI=1S/C21H27NS2/c1-7-23-18-10-8-9-17-20(18)24-19-13-15(14(2)21(3,4)5)11-12-16(19)22(17)6/h8-14H,7H2,1-6H3. The van der Waals surface area contributed by atoms with Gasteiger partial charge in [0.25, 0.3) is 0 Å². The van der Waals surface area contributed by atoms with E-state index in [0.717, 1.165) is 5.75 Å². The van der Waals surface area contributed by atoms with Gasteiger partial charge < -0.3 is 4.90 Å². The second-order valence-electron chi connectivity index (χ2n) is 7.51. The molecule has 0 fully saturated rings. The molecule has 128 valence electrons. The number of nitrogens with zero attached hydrogens (tertiary/aromatic N) is 1. The molecular formula is C21H27NS2. The van der Waals surface area contributed by atoms with E-state index in [-0.39, 0.29) is 5.41 Å². The van der Waals surface area contributed by atoms with Gasteiger partial charge in [-0.3, -0.25) is 0 Å². The second kappa shape index (κ2) is 6.68. The van der Waals surface area contributed by atoms with Gasteiger partial charge in [0.2, 0.25) is 0 Å². The van der Waals surface area contributed by atoms with Crippen molar-refractivity contribution in [3.8, 4) is 0 Å². The van der Waals surface area contributed by atoms with Crippen LogP contribution in [0.4, 0.5) is 11.4 Å². The van der Waals surface area contributed by atoms with Crippen molar-refractivity contribution in [2.24, 2.45) is 5.41 Å². The van der Waals surface area contributed by atoms with Crippen LogP contribution in [0.5, 0.6) is 0 Å². The molecule has 1 aliphatic heterocycles. The lowest BCUT2D eigenvalue weighted by atomic mass is 9.78. The molecule has 0 bridgehead atoms. The minimum absolute atomic E-state index is 0.278. The van der Waals surface area contributed by atoms with Crippen LogP contribution in [-0.4, -0.2) is 12.8 Å². The summed E-state index contributed by atoms with van der Waals surface area (Å²) in [7, 11) is 2.19. The van der Waals surface area contributed by atoms with Gasteiger partial charge in [0.05, 0.1) is 11.4 Å². The molecule has 0 amide bonds. The SMILES string of the molecule is CCSc1cccc2c1Sc1cc(C(C)C(C)(C)C)ccc1N2C. The van der Waals surface area contributed by atoms with Crippen molar-refractivity contribution >= 4 is 34.9 Å². The molecule has 1 aliphatic rings. The largest absolute Gasteiger partial charge is 0.343 e. The van der Waals surface area contributed by atoms with Gasteiger partial charge in [-0.1, -0.05) is 58.5 Å². The third kappa shape index (κ3) is 3.21. The minimum atomic E-state index is 0.278. The Morgan fingerprint density at radius 1 is 1.12 bits per heavy atom. The van der Waals surface area contributed by atoms with Crippen molar-refractivity contribution in [3.63, 3.8) is 0 Å². The first-order valence-corrected chi connectivity index (χ1v) is 10.4. The number of hydrogen-bond donors (Lipinski definition) is 0. The molecular weight excluding hydrogens is 330 g/mol. The van der Waals surface area contributed by atoms with Crippen LogP contribution >= 0.6 is 23.5 Å². The number of rotatable bonds is 3. The Hall–Kier alpha value is -1.06. The van der Waals surface area contributed by atoms with Gasteiger partial charge in [-0.25, -0.2) is 0 Å². The monoisotopic (exact) mass is 357 g/mol. The van der Waals surface area contributed by atoms with E-state index in [0.29, 0.717) is 5.92 Å². The molecule has 1 nitrogen and oxygen atoms in total. The summed E-state index contributed by atoms with van der Waals surface area (Å²) in [5.41, 5.74) is 4.35. The lowest BCUT2D eigenvalue weighted by molar-refractivity contribution is 0.339. The van der Waals surface area contributed by atoms with Crippen molar-refractivity contribution in [2.45, 2.75) is 55.2 Å². The number of fused-ring (bicyclic) bond motifs is 2. The zero-order valence-electron chi connectivity index (χ0n) is 15.5. The first kappa shape index (κ1) is 17.8. The maximum absolute atomic E-state index is 2.41. The van der Waals surface area contributed by atoms with E-state index in [4.69, 9.17) is 0 Å². The van der Waals surface area contributed by atoms with E-state index in [9.17, 15) is 0 Å². The van der Waals surface area contributed by atoms with Crippen LogP contribution < -0.4 is 4.90 Å². The maximum Gasteiger partial charge on any atom is 0.0561 e. The highest BCUT2D eigenvalue weighted by atomic mass is 32.2. The molecule has 2 aromatic carbocycles. The molecule has 1 unspecified atom stereocenters. The lowest BCUT2D eigenvalue weighted by Crippen LogP contribution is -2.18. The van der Waals surface area contributed by atoms with Crippen molar-refractivity contribution in [1.29, 1.82) is 0 Å². The number of hydrogen-bond acceptors (Lipinski definition) is 3. The number of benzene rings is 2. The van der Waals surface area contributed by atoms with Gasteiger partial charge in [0, 0.05) is 21.7 Å². The molecule has 0 saturated carbocycles. The van der Waals surface area contributed by atoms with Crippen LogP contribution in [-0.2, 0) is 0 Å². The third-order valence-corrected chi connectivity index (χ3v) is 7.22. The molecule has 3 rings (SSSR count). The van der Waals surface area contributed by atoms with Crippen molar-refractivity contribution in [2.75, 3.05) is 17.7 Å². The number of thioether (sulfide) groups is 1. The fourth-order valence-electron chi connectivity index (χ4n) is 3.04. The molecule has 3 heteroatoms. The molecule has 0 radical (unpaired) electrons. The maximum atomic E-state index is 2.41. The van der Waals surface area contributed by atoms with Crippen LogP contribution in [0.15, 0.2) is 51.1 Å². The summed E-state index contributed by atoms with van der Waals surface area (Å²) >= 11 is 3.87. The average Bonchev–Trinajstić information content (AvgIpc) is 2.54. The Labute approximate surface area is 155 Å². The van der Waals surface area contributed by atoms with E-state index in [1.165, 1.54) is 31.6 Å². The zero-order chi connectivity index (χ0) is 17.5. The molecule has 0 N–H and O–H groups in total. The molecule has 0 aliphatic carbocycles. The number of anilines is 2. The Balaban J connectivity index is 2.04. The molecule has 1 heterocycles. The van der Waals surface area contributed by atoms with Gasteiger partial charge in [-0.2, -0.15) is 0 Å². The summed E-state index contributed by atoms with van der Waals surface area (Å²) in [6.45, 7) is 11.5. The lowest BCUT2D eigenvalue weighted by Gasteiger charge is -2.33. The molecule has 0 aromatic heterocycles. The molecule has 0 spiro atoms. The fourth-order valence-corrected chi connectivity index (χ4v) is 5.26. The smallest absolute Gasteiger partial charge is 0.0561 e. The van der Waals surface area contributed by atoms with Crippen molar-refractivity contribution in [3.05, 3.63) is 42.0 Å². The first-order valence-electron chi connectivity index (χ1n) is 8.64. The van der Waals surface area contributed by atoms with Crippen molar-refractivity contribution in [1.82, 2.24) is 0 Å². The molecule has 2 aromatic rings. The van der Waals surface area contributed by atoms with Crippen LogP contribution in [0.3, 0.4) is 0 Å². The minimum Gasteiger partial charge on any atom is -0.343 e. The first-order chi connectivity index (χ1) is 11.3. The Morgan fingerprint density at radius 2 is 1.88 bits per heavy atom. The van der Waals surface area contributed by atoms with Gasteiger partial charge in [-0.15, -0.1) is 11.8 Å².